The first-order valence-corrected chi connectivity index (χ1v) is 8.10. The van der Waals surface area contributed by atoms with Gasteiger partial charge in [-0.1, -0.05) is 24.3 Å². The molecule has 6 heteroatoms. The van der Waals surface area contributed by atoms with Crippen LogP contribution in [0.1, 0.15) is 24.0 Å². The minimum Gasteiger partial charge on any atom is -0.380 e. The second-order valence-corrected chi connectivity index (χ2v) is 6.57. The molecule has 3 N–H and O–H groups in total. The normalized spacial score (nSPS) is 20.4. The average molecular weight is 284 g/mol. The van der Waals surface area contributed by atoms with E-state index in [1.54, 1.807) is 12.1 Å². The zero-order valence-electron chi connectivity index (χ0n) is 10.8. The maximum absolute atomic E-state index is 12.0. The largest absolute Gasteiger partial charge is 0.380 e. The summed E-state index contributed by atoms with van der Waals surface area (Å²) in [6.07, 6.45) is 1.74. The maximum atomic E-state index is 12.0. The Morgan fingerprint density at radius 1 is 1.26 bits per heavy atom. The second kappa shape index (κ2) is 6.47. The topological polar surface area (TPSA) is 81.4 Å². The first kappa shape index (κ1) is 14.5. The molecule has 1 fully saturated rings. The van der Waals surface area contributed by atoms with E-state index in [4.69, 9.17) is 10.5 Å². The molecule has 1 atom stereocenters. The summed E-state index contributed by atoms with van der Waals surface area (Å²) in [6.45, 7) is 1.65. The quantitative estimate of drug-likeness (QED) is 0.836. The molecule has 1 aliphatic heterocycles. The van der Waals surface area contributed by atoms with E-state index in [2.05, 4.69) is 4.72 Å². The summed E-state index contributed by atoms with van der Waals surface area (Å²) in [5.74, 6) is -0.00560. The molecule has 1 heterocycles. The van der Waals surface area contributed by atoms with Crippen LogP contribution in [0, 0.1) is 0 Å². The van der Waals surface area contributed by atoms with Crippen LogP contribution in [0.3, 0.4) is 0 Å². The van der Waals surface area contributed by atoms with E-state index in [-0.39, 0.29) is 11.8 Å². The summed E-state index contributed by atoms with van der Waals surface area (Å²) in [6, 6.07) is 7.22. The third-order valence-corrected chi connectivity index (χ3v) is 4.53. The molecule has 5 nitrogen and oxygen atoms in total. The summed E-state index contributed by atoms with van der Waals surface area (Å²) in [7, 11) is -3.32. The van der Waals surface area contributed by atoms with Crippen LogP contribution >= 0.6 is 0 Å². The molecule has 0 amide bonds. The zero-order valence-corrected chi connectivity index (χ0v) is 11.7. The number of benzene rings is 1. The second-order valence-electron chi connectivity index (χ2n) is 4.81. The van der Waals surface area contributed by atoms with Gasteiger partial charge in [0.15, 0.2) is 0 Å². The van der Waals surface area contributed by atoms with Gasteiger partial charge in [-0.05, 0) is 24.0 Å². The van der Waals surface area contributed by atoms with Crippen LogP contribution in [0.5, 0.6) is 0 Å². The van der Waals surface area contributed by atoms with Gasteiger partial charge in [0.25, 0.3) is 0 Å². The fourth-order valence-electron chi connectivity index (χ4n) is 2.12. The van der Waals surface area contributed by atoms with Gasteiger partial charge in [-0.2, -0.15) is 0 Å². The van der Waals surface area contributed by atoms with Crippen LogP contribution in [0.2, 0.25) is 0 Å². The molecule has 1 aromatic carbocycles. The van der Waals surface area contributed by atoms with Crippen molar-refractivity contribution in [2.45, 2.75) is 31.2 Å². The van der Waals surface area contributed by atoms with Crippen molar-refractivity contribution in [3.8, 4) is 0 Å². The fraction of sp³-hybridized carbons (Fsp3) is 0.538. The summed E-state index contributed by atoms with van der Waals surface area (Å²) in [5, 5.41) is 0. The van der Waals surface area contributed by atoms with Crippen LogP contribution in [0.4, 0.5) is 0 Å². The van der Waals surface area contributed by atoms with Gasteiger partial charge in [0.2, 0.25) is 10.0 Å². The minimum absolute atomic E-state index is 0.00560. The molecule has 19 heavy (non-hydrogen) atoms. The maximum Gasteiger partial charge on any atom is 0.216 e. The highest BCUT2D eigenvalue weighted by Gasteiger charge is 2.20. The Kier molecular flexibility index (Phi) is 4.93. The van der Waals surface area contributed by atoms with Gasteiger partial charge in [0.1, 0.15) is 0 Å². The SMILES string of the molecule is NCc1ccc(CS(=O)(=O)NC2CCCOC2)cc1. The highest BCUT2D eigenvalue weighted by atomic mass is 32.2. The molecule has 1 aliphatic rings. The van der Waals surface area contributed by atoms with Crippen molar-refractivity contribution in [1.29, 1.82) is 0 Å². The number of nitrogens with one attached hydrogen (secondary N) is 1. The average Bonchev–Trinajstić information content (AvgIpc) is 2.39. The lowest BCUT2D eigenvalue weighted by Crippen LogP contribution is -2.41. The van der Waals surface area contributed by atoms with Crippen molar-refractivity contribution >= 4 is 10.0 Å². The number of hydrogen-bond donors (Lipinski definition) is 2. The van der Waals surface area contributed by atoms with E-state index in [1.807, 2.05) is 12.1 Å². The van der Waals surface area contributed by atoms with E-state index in [9.17, 15) is 8.42 Å². The van der Waals surface area contributed by atoms with Crippen molar-refractivity contribution in [2.75, 3.05) is 13.2 Å². The summed E-state index contributed by atoms with van der Waals surface area (Å²) >= 11 is 0. The number of rotatable bonds is 5. The van der Waals surface area contributed by atoms with Gasteiger partial charge in [0.05, 0.1) is 12.4 Å². The molecule has 1 aromatic rings. The molecular formula is C13H20N2O3S. The van der Waals surface area contributed by atoms with Gasteiger partial charge >= 0.3 is 0 Å². The van der Waals surface area contributed by atoms with Gasteiger partial charge in [-0.3, -0.25) is 0 Å². The van der Waals surface area contributed by atoms with E-state index in [1.165, 1.54) is 0 Å². The molecular weight excluding hydrogens is 264 g/mol. The van der Waals surface area contributed by atoms with Crippen LogP contribution in [0.25, 0.3) is 0 Å². The van der Waals surface area contributed by atoms with Gasteiger partial charge in [0, 0.05) is 19.2 Å². The Morgan fingerprint density at radius 3 is 2.53 bits per heavy atom. The van der Waals surface area contributed by atoms with Crippen molar-refractivity contribution < 1.29 is 13.2 Å². The predicted molar refractivity (Wildman–Crippen MR) is 73.9 cm³/mol. The van der Waals surface area contributed by atoms with Crippen LogP contribution < -0.4 is 10.5 Å². The van der Waals surface area contributed by atoms with Crippen LogP contribution in [-0.2, 0) is 27.1 Å². The van der Waals surface area contributed by atoms with Crippen LogP contribution in [0.15, 0.2) is 24.3 Å². The molecule has 0 radical (unpaired) electrons. The van der Waals surface area contributed by atoms with E-state index < -0.39 is 10.0 Å². The lowest BCUT2D eigenvalue weighted by atomic mass is 10.1. The number of nitrogens with two attached hydrogens (primary N) is 1. The molecule has 106 valence electrons. The molecule has 1 saturated heterocycles. The third kappa shape index (κ3) is 4.58. The third-order valence-electron chi connectivity index (χ3n) is 3.12. The standard InChI is InChI=1S/C13H20N2O3S/c14-8-11-3-5-12(6-4-11)10-19(16,17)15-13-2-1-7-18-9-13/h3-6,13,15H,1-2,7-10,14H2. The van der Waals surface area contributed by atoms with E-state index in [0.717, 1.165) is 30.6 Å². The Labute approximate surface area is 114 Å². The van der Waals surface area contributed by atoms with E-state index in [0.29, 0.717) is 13.2 Å². The summed E-state index contributed by atoms with van der Waals surface area (Å²) < 4.78 is 32.0. The highest BCUT2D eigenvalue weighted by molar-refractivity contribution is 7.88. The molecule has 1 unspecified atom stereocenters. The molecule has 0 spiro atoms. The monoisotopic (exact) mass is 284 g/mol. The lowest BCUT2D eigenvalue weighted by Gasteiger charge is -2.22. The fourth-order valence-corrected chi connectivity index (χ4v) is 3.53. The Morgan fingerprint density at radius 2 is 1.95 bits per heavy atom. The highest BCUT2D eigenvalue weighted by Crippen LogP contribution is 2.11. The zero-order chi connectivity index (χ0) is 13.7. The number of hydrogen-bond acceptors (Lipinski definition) is 4. The summed E-state index contributed by atoms with van der Waals surface area (Å²) in [4.78, 5) is 0. The molecule has 2 rings (SSSR count). The molecule has 0 saturated carbocycles. The Bertz CT molecular complexity index is 493. The smallest absolute Gasteiger partial charge is 0.216 e. The lowest BCUT2D eigenvalue weighted by molar-refractivity contribution is 0.0774. The minimum atomic E-state index is -3.32. The van der Waals surface area contributed by atoms with Gasteiger partial charge in [-0.25, -0.2) is 13.1 Å². The van der Waals surface area contributed by atoms with E-state index >= 15 is 0 Å². The van der Waals surface area contributed by atoms with Crippen molar-refractivity contribution in [1.82, 2.24) is 4.72 Å². The summed E-state index contributed by atoms with van der Waals surface area (Å²) in [5.41, 5.74) is 7.27. The van der Waals surface area contributed by atoms with Crippen molar-refractivity contribution in [2.24, 2.45) is 5.73 Å². The van der Waals surface area contributed by atoms with Gasteiger partial charge in [-0.15, -0.1) is 0 Å². The molecule has 0 aromatic heterocycles. The Balaban J connectivity index is 1.95. The molecule has 0 bridgehead atoms. The first-order chi connectivity index (χ1) is 9.09. The van der Waals surface area contributed by atoms with Crippen molar-refractivity contribution in [3.05, 3.63) is 35.4 Å². The Hall–Kier alpha value is -0.950. The number of ether oxygens (including phenoxy) is 1. The van der Waals surface area contributed by atoms with Gasteiger partial charge < -0.3 is 10.5 Å². The van der Waals surface area contributed by atoms with Crippen LogP contribution in [-0.4, -0.2) is 27.7 Å². The van der Waals surface area contributed by atoms with Crippen molar-refractivity contribution in [3.63, 3.8) is 0 Å². The molecule has 0 aliphatic carbocycles. The first-order valence-electron chi connectivity index (χ1n) is 6.45. The predicted octanol–water partition coefficient (Wildman–Crippen LogP) is 0.744. The number of sulfonamides is 1.